The summed E-state index contributed by atoms with van der Waals surface area (Å²) in [6, 6.07) is 10.0. The number of benzene rings is 1. The second kappa shape index (κ2) is 7.23. The largest absolute Gasteiger partial charge is 0.374 e. The molecule has 0 heterocycles. The lowest BCUT2D eigenvalue weighted by Crippen LogP contribution is -2.23. The van der Waals surface area contributed by atoms with E-state index in [0.717, 1.165) is 12.0 Å². The third-order valence-corrected chi connectivity index (χ3v) is 3.17. The number of hydrogen-bond acceptors (Lipinski definition) is 2. The maximum Gasteiger partial charge on any atom is 0.166 e. The van der Waals surface area contributed by atoms with Crippen LogP contribution < -0.4 is 0 Å². The highest BCUT2D eigenvalue weighted by Crippen LogP contribution is 2.27. The van der Waals surface area contributed by atoms with Gasteiger partial charge in [-0.25, -0.2) is 0 Å². The fourth-order valence-electron chi connectivity index (χ4n) is 2.02. The van der Waals surface area contributed by atoms with Crippen molar-refractivity contribution in [2.45, 2.75) is 33.1 Å². The number of rotatable bonds is 7. The Hall–Kier alpha value is -1.15. The van der Waals surface area contributed by atoms with E-state index in [1.807, 2.05) is 37.3 Å². The van der Waals surface area contributed by atoms with Gasteiger partial charge in [0, 0.05) is 12.5 Å². The fraction of sp³-hybridized carbons (Fsp3) is 0.533. The smallest absolute Gasteiger partial charge is 0.166 e. The molecule has 94 valence electrons. The van der Waals surface area contributed by atoms with Crippen LogP contribution in [0.25, 0.3) is 0 Å². The molecule has 1 aromatic carbocycles. The van der Waals surface area contributed by atoms with Crippen molar-refractivity contribution in [1.29, 1.82) is 0 Å². The molecule has 0 N–H and O–H groups in total. The molecular weight excluding hydrogens is 212 g/mol. The molecule has 0 aromatic heterocycles. The lowest BCUT2D eigenvalue weighted by molar-refractivity contribution is -0.126. The Bertz CT molecular complexity index is 332. The molecule has 0 saturated heterocycles. The van der Waals surface area contributed by atoms with E-state index in [-0.39, 0.29) is 18.3 Å². The summed E-state index contributed by atoms with van der Waals surface area (Å²) in [4.78, 5) is 12.2. The summed E-state index contributed by atoms with van der Waals surface area (Å²) in [5, 5.41) is 0. The molecule has 2 nitrogen and oxygen atoms in total. The highest BCUT2D eigenvalue weighted by Gasteiger charge is 2.25. The summed E-state index contributed by atoms with van der Waals surface area (Å²) in [6.45, 7) is 6.97. The topological polar surface area (TPSA) is 26.3 Å². The van der Waals surface area contributed by atoms with Crippen LogP contribution >= 0.6 is 0 Å². The highest BCUT2D eigenvalue weighted by atomic mass is 16.5. The molecule has 0 aliphatic rings. The summed E-state index contributed by atoms with van der Waals surface area (Å²) in [5.74, 6) is 0.505. The lowest BCUT2D eigenvalue weighted by atomic mass is 9.82. The zero-order valence-corrected chi connectivity index (χ0v) is 11.0. The fourth-order valence-corrected chi connectivity index (χ4v) is 2.02. The number of ether oxygens (including phenoxy) is 1. The van der Waals surface area contributed by atoms with Gasteiger partial charge >= 0.3 is 0 Å². The molecule has 0 saturated carbocycles. The van der Waals surface area contributed by atoms with Crippen molar-refractivity contribution in [3.8, 4) is 0 Å². The SMILES string of the molecule is CCOCC(=O)C(c1ccccc1)C(C)CC. The van der Waals surface area contributed by atoms with Gasteiger partial charge in [-0.15, -0.1) is 0 Å². The van der Waals surface area contributed by atoms with Gasteiger partial charge in [-0.1, -0.05) is 50.6 Å². The van der Waals surface area contributed by atoms with E-state index in [0.29, 0.717) is 12.5 Å². The predicted molar refractivity (Wildman–Crippen MR) is 70.1 cm³/mol. The van der Waals surface area contributed by atoms with Gasteiger partial charge in [-0.05, 0) is 18.4 Å². The molecule has 2 atom stereocenters. The van der Waals surface area contributed by atoms with E-state index in [1.54, 1.807) is 0 Å². The second-order valence-electron chi connectivity index (χ2n) is 4.38. The first kappa shape index (κ1) is 13.9. The van der Waals surface area contributed by atoms with Gasteiger partial charge < -0.3 is 4.74 Å². The molecular formula is C15H22O2. The standard InChI is InChI=1S/C15H22O2/c1-4-12(3)15(14(16)11-17-5-2)13-9-7-6-8-10-13/h6-10,12,15H,4-5,11H2,1-3H3. The van der Waals surface area contributed by atoms with Crippen molar-refractivity contribution >= 4 is 5.78 Å². The van der Waals surface area contributed by atoms with Crippen molar-refractivity contribution in [2.75, 3.05) is 13.2 Å². The second-order valence-corrected chi connectivity index (χ2v) is 4.38. The van der Waals surface area contributed by atoms with Crippen molar-refractivity contribution in [3.63, 3.8) is 0 Å². The molecule has 2 unspecified atom stereocenters. The number of hydrogen-bond donors (Lipinski definition) is 0. The van der Waals surface area contributed by atoms with Crippen molar-refractivity contribution < 1.29 is 9.53 Å². The number of carbonyl (C=O) groups excluding carboxylic acids is 1. The van der Waals surface area contributed by atoms with Crippen LogP contribution in [0, 0.1) is 5.92 Å². The van der Waals surface area contributed by atoms with Gasteiger partial charge in [0.05, 0.1) is 0 Å². The van der Waals surface area contributed by atoms with E-state index < -0.39 is 0 Å². The number of Topliss-reactive ketones (excluding diaryl/α,β-unsaturated/α-hetero) is 1. The highest BCUT2D eigenvalue weighted by molar-refractivity contribution is 5.87. The van der Waals surface area contributed by atoms with Gasteiger partial charge in [0.1, 0.15) is 6.61 Å². The van der Waals surface area contributed by atoms with Gasteiger partial charge in [0.2, 0.25) is 0 Å². The van der Waals surface area contributed by atoms with E-state index in [1.165, 1.54) is 0 Å². The van der Waals surface area contributed by atoms with E-state index in [9.17, 15) is 4.79 Å². The Morgan fingerprint density at radius 2 is 1.88 bits per heavy atom. The molecule has 1 rings (SSSR count). The normalized spacial score (nSPS) is 14.3. The summed E-state index contributed by atoms with van der Waals surface area (Å²) >= 11 is 0. The zero-order chi connectivity index (χ0) is 12.7. The van der Waals surface area contributed by atoms with Crippen LogP contribution in [-0.2, 0) is 9.53 Å². The molecule has 0 aliphatic heterocycles. The summed E-state index contributed by atoms with van der Waals surface area (Å²) < 4.78 is 5.24. The van der Waals surface area contributed by atoms with Crippen LogP contribution in [0.15, 0.2) is 30.3 Å². The molecule has 0 bridgehead atoms. The maximum absolute atomic E-state index is 12.2. The first-order chi connectivity index (χ1) is 8.20. The van der Waals surface area contributed by atoms with Gasteiger partial charge in [-0.2, -0.15) is 0 Å². The minimum absolute atomic E-state index is 0.0345. The first-order valence-electron chi connectivity index (χ1n) is 6.36. The van der Waals surface area contributed by atoms with Gasteiger partial charge in [0.15, 0.2) is 5.78 Å². The Labute approximate surface area is 104 Å². The van der Waals surface area contributed by atoms with Crippen LogP contribution in [0.1, 0.15) is 38.7 Å². The van der Waals surface area contributed by atoms with E-state index in [4.69, 9.17) is 4.74 Å². The average Bonchev–Trinajstić information content (AvgIpc) is 2.37. The first-order valence-corrected chi connectivity index (χ1v) is 6.36. The lowest BCUT2D eigenvalue weighted by Gasteiger charge is -2.22. The quantitative estimate of drug-likeness (QED) is 0.722. The molecule has 0 spiro atoms. The Morgan fingerprint density at radius 3 is 2.41 bits per heavy atom. The van der Waals surface area contributed by atoms with Gasteiger partial charge in [0.25, 0.3) is 0 Å². The Kier molecular flexibility index (Phi) is 5.92. The molecule has 0 aliphatic carbocycles. The van der Waals surface area contributed by atoms with Crippen molar-refractivity contribution in [1.82, 2.24) is 0 Å². The summed E-state index contributed by atoms with van der Waals surface area (Å²) in [7, 11) is 0. The van der Waals surface area contributed by atoms with Crippen LogP contribution in [0.5, 0.6) is 0 Å². The van der Waals surface area contributed by atoms with Crippen LogP contribution in [0.4, 0.5) is 0 Å². The van der Waals surface area contributed by atoms with Crippen molar-refractivity contribution in [2.24, 2.45) is 5.92 Å². The summed E-state index contributed by atoms with van der Waals surface area (Å²) in [5.41, 5.74) is 1.10. The summed E-state index contributed by atoms with van der Waals surface area (Å²) in [6.07, 6.45) is 0.997. The van der Waals surface area contributed by atoms with Gasteiger partial charge in [-0.3, -0.25) is 4.79 Å². The molecule has 1 aromatic rings. The zero-order valence-electron chi connectivity index (χ0n) is 11.0. The minimum atomic E-state index is -0.0345. The third-order valence-electron chi connectivity index (χ3n) is 3.17. The molecule has 0 fully saturated rings. The Balaban J connectivity index is 2.85. The maximum atomic E-state index is 12.2. The van der Waals surface area contributed by atoms with Crippen molar-refractivity contribution in [3.05, 3.63) is 35.9 Å². The van der Waals surface area contributed by atoms with Crippen LogP contribution in [0.3, 0.4) is 0 Å². The predicted octanol–water partition coefficient (Wildman–Crippen LogP) is 3.42. The molecule has 17 heavy (non-hydrogen) atoms. The van der Waals surface area contributed by atoms with E-state index in [2.05, 4.69) is 13.8 Å². The average molecular weight is 234 g/mol. The van der Waals surface area contributed by atoms with E-state index >= 15 is 0 Å². The Morgan fingerprint density at radius 1 is 1.24 bits per heavy atom. The molecule has 2 heteroatoms. The third kappa shape index (κ3) is 3.97. The minimum Gasteiger partial charge on any atom is -0.374 e. The van der Waals surface area contributed by atoms with Crippen LogP contribution in [-0.4, -0.2) is 19.0 Å². The molecule has 0 amide bonds. The number of ketones is 1. The number of carbonyl (C=O) groups is 1. The molecule has 0 radical (unpaired) electrons. The van der Waals surface area contributed by atoms with Crippen LogP contribution in [0.2, 0.25) is 0 Å². The monoisotopic (exact) mass is 234 g/mol.